The Hall–Kier alpha value is -3.42. The van der Waals surface area contributed by atoms with Gasteiger partial charge in [0, 0.05) is 14.1 Å². The van der Waals surface area contributed by atoms with Crippen LogP contribution in [0.2, 0.25) is 0 Å². The van der Waals surface area contributed by atoms with Crippen molar-refractivity contribution in [3.63, 3.8) is 0 Å². The van der Waals surface area contributed by atoms with Crippen molar-refractivity contribution in [2.24, 2.45) is 5.92 Å². The number of carbonyl (C=O) groups excluding carboxylic acids is 2. The molecule has 1 unspecified atom stereocenters. The average Bonchev–Trinajstić information content (AvgIpc) is 2.81. The smallest absolute Gasteiger partial charge is 0.475 e. The van der Waals surface area contributed by atoms with Gasteiger partial charge in [0.25, 0.3) is 0 Å². The summed E-state index contributed by atoms with van der Waals surface area (Å²) in [6.45, 7) is -0.119. The maximum atomic E-state index is 14.1. The van der Waals surface area contributed by atoms with E-state index in [1.165, 1.54) is 17.0 Å². The molecule has 2 atom stereocenters. The fraction of sp³-hybridized carbons (Fsp3) is 0.375. The number of hydrogen-bond donors (Lipinski definition) is 3. The molecule has 3 N–H and O–H groups in total. The number of nitrogens with zero attached hydrogens (tertiary/aromatic N) is 2. The van der Waals surface area contributed by atoms with Crippen molar-refractivity contribution in [1.82, 2.24) is 10.2 Å². The molecule has 0 bridgehead atoms. The Morgan fingerprint density at radius 2 is 1.88 bits per heavy atom. The second-order valence-electron chi connectivity index (χ2n) is 8.09. The van der Waals surface area contributed by atoms with Gasteiger partial charge in [0.05, 0.1) is 25.0 Å². The molecule has 180 valence electrons. The Labute approximate surface area is 199 Å². The molecule has 0 saturated heterocycles. The maximum absolute atomic E-state index is 14.1. The van der Waals surface area contributed by atoms with Crippen LogP contribution in [-0.4, -0.2) is 60.5 Å². The Morgan fingerprint density at radius 1 is 1.18 bits per heavy atom. The molecule has 10 heteroatoms. The van der Waals surface area contributed by atoms with E-state index in [0.717, 1.165) is 5.56 Å². The van der Waals surface area contributed by atoms with Crippen LogP contribution in [0.15, 0.2) is 48.5 Å². The summed E-state index contributed by atoms with van der Waals surface area (Å²) in [4.78, 5) is 25.6. The number of aryl methyl sites for hydroxylation is 1. The van der Waals surface area contributed by atoms with Crippen LogP contribution in [0.3, 0.4) is 0 Å². The van der Waals surface area contributed by atoms with Gasteiger partial charge in [-0.1, -0.05) is 36.4 Å². The highest BCUT2D eigenvalue weighted by Gasteiger charge is 2.25. The molecule has 0 aliphatic rings. The Kier molecular flexibility index (Phi) is 10.5. The standard InChI is InChI=1S/C24H29BFN3O5/c1-29(2)24(31)19(16-27)10-8-18-9-11-20(26)21(14-18)34-13-12-23(30)28-22(25(32)33)15-17-6-4-3-5-7-17/h3-7,9,11,14,19,22,32-33H,8,10,12-13,15H2,1-2H3,(H,28,30)/t19?,22-/m0/s1. The minimum atomic E-state index is -1.74. The third-order valence-corrected chi connectivity index (χ3v) is 5.20. The number of halogens is 1. The monoisotopic (exact) mass is 469 g/mol. The molecule has 2 aromatic rings. The van der Waals surface area contributed by atoms with Crippen LogP contribution in [-0.2, 0) is 22.4 Å². The van der Waals surface area contributed by atoms with E-state index in [-0.39, 0.29) is 37.5 Å². The van der Waals surface area contributed by atoms with E-state index in [2.05, 4.69) is 5.32 Å². The van der Waals surface area contributed by atoms with Crippen molar-refractivity contribution < 1.29 is 28.8 Å². The van der Waals surface area contributed by atoms with E-state index in [1.54, 1.807) is 20.2 Å². The van der Waals surface area contributed by atoms with Crippen molar-refractivity contribution in [1.29, 1.82) is 5.26 Å². The number of nitrogens with one attached hydrogen (secondary N) is 1. The van der Waals surface area contributed by atoms with Crippen LogP contribution in [0.4, 0.5) is 4.39 Å². The number of benzene rings is 2. The fourth-order valence-electron chi connectivity index (χ4n) is 3.31. The van der Waals surface area contributed by atoms with E-state index in [9.17, 15) is 29.3 Å². The first-order chi connectivity index (χ1) is 16.2. The zero-order chi connectivity index (χ0) is 25.1. The summed E-state index contributed by atoms with van der Waals surface area (Å²) < 4.78 is 19.6. The summed E-state index contributed by atoms with van der Waals surface area (Å²) >= 11 is 0. The Balaban J connectivity index is 1.88. The topological polar surface area (TPSA) is 123 Å². The van der Waals surface area contributed by atoms with Gasteiger partial charge in [0.1, 0.15) is 5.92 Å². The molecule has 0 fully saturated rings. The zero-order valence-electron chi connectivity index (χ0n) is 19.3. The number of hydrogen-bond acceptors (Lipinski definition) is 6. The molecule has 0 aliphatic heterocycles. The lowest BCUT2D eigenvalue weighted by atomic mass is 9.76. The molecule has 2 aromatic carbocycles. The molecular formula is C24H29BFN3O5. The van der Waals surface area contributed by atoms with Crippen LogP contribution in [0.1, 0.15) is 24.0 Å². The summed E-state index contributed by atoms with van der Waals surface area (Å²) in [5.41, 5.74) is 1.53. The van der Waals surface area contributed by atoms with Gasteiger partial charge in [-0.25, -0.2) is 4.39 Å². The summed E-state index contributed by atoms with van der Waals surface area (Å²) in [5.74, 6) is -3.08. The molecule has 34 heavy (non-hydrogen) atoms. The lowest BCUT2D eigenvalue weighted by Crippen LogP contribution is -2.48. The van der Waals surface area contributed by atoms with Gasteiger partial charge in [-0.3, -0.25) is 9.59 Å². The highest BCUT2D eigenvalue weighted by Crippen LogP contribution is 2.21. The molecule has 0 heterocycles. The largest absolute Gasteiger partial charge is 0.490 e. The fourth-order valence-corrected chi connectivity index (χ4v) is 3.31. The Morgan fingerprint density at radius 3 is 2.50 bits per heavy atom. The van der Waals surface area contributed by atoms with E-state index >= 15 is 0 Å². The number of nitriles is 1. The van der Waals surface area contributed by atoms with E-state index in [1.807, 2.05) is 36.4 Å². The van der Waals surface area contributed by atoms with Crippen molar-refractivity contribution in [2.45, 2.75) is 31.6 Å². The molecular weight excluding hydrogens is 440 g/mol. The normalized spacial score (nSPS) is 12.2. The van der Waals surface area contributed by atoms with Crippen molar-refractivity contribution in [3.8, 4) is 11.8 Å². The lowest BCUT2D eigenvalue weighted by Gasteiger charge is -2.18. The molecule has 0 saturated carbocycles. The van der Waals surface area contributed by atoms with E-state index in [0.29, 0.717) is 12.0 Å². The van der Waals surface area contributed by atoms with Gasteiger partial charge < -0.3 is 25.0 Å². The first kappa shape index (κ1) is 26.8. The molecule has 2 rings (SSSR count). The summed E-state index contributed by atoms with van der Waals surface area (Å²) in [5, 5.41) is 30.9. The number of ether oxygens (including phenoxy) is 1. The highest BCUT2D eigenvalue weighted by atomic mass is 19.1. The highest BCUT2D eigenvalue weighted by molar-refractivity contribution is 6.43. The molecule has 0 aliphatic carbocycles. The third kappa shape index (κ3) is 8.50. The SMILES string of the molecule is CN(C)C(=O)C(C#N)CCc1ccc(F)c(OCCC(=O)N[C@@H](Cc2ccccc2)B(O)O)c1. The van der Waals surface area contributed by atoms with Gasteiger partial charge in [-0.15, -0.1) is 0 Å². The van der Waals surface area contributed by atoms with Crippen LogP contribution >= 0.6 is 0 Å². The van der Waals surface area contributed by atoms with E-state index < -0.39 is 30.7 Å². The van der Waals surface area contributed by atoms with Crippen molar-refractivity contribution >= 4 is 18.9 Å². The molecule has 0 aromatic heterocycles. The maximum Gasteiger partial charge on any atom is 0.475 e. The van der Waals surface area contributed by atoms with Gasteiger partial charge in [0.15, 0.2) is 11.6 Å². The molecule has 2 amide bonds. The zero-order valence-corrected chi connectivity index (χ0v) is 19.3. The number of carbonyl (C=O) groups is 2. The lowest BCUT2D eigenvalue weighted by molar-refractivity contribution is -0.131. The average molecular weight is 469 g/mol. The number of rotatable bonds is 12. The number of amides is 2. The quantitative estimate of drug-likeness (QED) is 0.405. The molecule has 0 spiro atoms. The van der Waals surface area contributed by atoms with Gasteiger partial charge in [-0.2, -0.15) is 5.26 Å². The van der Waals surface area contributed by atoms with Crippen LogP contribution in [0.25, 0.3) is 0 Å². The summed E-state index contributed by atoms with van der Waals surface area (Å²) in [6, 6.07) is 15.4. The van der Waals surface area contributed by atoms with Crippen molar-refractivity contribution in [2.75, 3.05) is 20.7 Å². The van der Waals surface area contributed by atoms with E-state index in [4.69, 9.17) is 4.74 Å². The van der Waals surface area contributed by atoms with Gasteiger partial charge >= 0.3 is 7.12 Å². The minimum Gasteiger partial charge on any atom is -0.490 e. The second kappa shape index (κ2) is 13.3. The predicted molar refractivity (Wildman–Crippen MR) is 125 cm³/mol. The van der Waals surface area contributed by atoms with Crippen LogP contribution in [0, 0.1) is 23.1 Å². The van der Waals surface area contributed by atoms with Crippen LogP contribution < -0.4 is 10.1 Å². The predicted octanol–water partition coefficient (Wildman–Crippen LogP) is 1.49. The minimum absolute atomic E-state index is 0.0410. The Bertz CT molecular complexity index is 998. The third-order valence-electron chi connectivity index (χ3n) is 5.20. The molecule has 0 radical (unpaired) electrons. The first-order valence-corrected chi connectivity index (χ1v) is 10.9. The van der Waals surface area contributed by atoms with Gasteiger partial charge in [0.2, 0.25) is 11.8 Å². The van der Waals surface area contributed by atoms with Gasteiger partial charge in [-0.05, 0) is 42.5 Å². The molecule has 8 nitrogen and oxygen atoms in total. The summed E-state index contributed by atoms with van der Waals surface area (Å²) in [7, 11) is 1.42. The second-order valence-corrected chi connectivity index (χ2v) is 8.09. The summed E-state index contributed by atoms with van der Waals surface area (Å²) in [6.07, 6.45) is 0.787. The van der Waals surface area contributed by atoms with Crippen LogP contribution in [0.5, 0.6) is 5.75 Å². The van der Waals surface area contributed by atoms with Crippen molar-refractivity contribution in [3.05, 3.63) is 65.5 Å². The first-order valence-electron chi connectivity index (χ1n) is 10.9.